The number of alkyl halides is 3. The number of aliphatic hydroxyl groups excluding tert-OH is 1. The maximum absolute atomic E-state index is 13.0. The quantitative estimate of drug-likeness (QED) is 0.328. The van der Waals surface area contributed by atoms with Crippen molar-refractivity contribution in [2.24, 2.45) is 0 Å². The fraction of sp³-hybridized carbons (Fsp3) is 0.300. The van der Waals surface area contributed by atoms with E-state index in [4.69, 9.17) is 28.3 Å². The van der Waals surface area contributed by atoms with Crippen LogP contribution >= 0.6 is 34.5 Å². The highest BCUT2D eigenvalue weighted by molar-refractivity contribution is 7.13. The molecule has 3 aromatic rings. The molecular formula is C20H17Cl2F3N6O3S. The number of thiazole rings is 1. The molecule has 0 spiro atoms. The molecule has 35 heavy (non-hydrogen) atoms. The summed E-state index contributed by atoms with van der Waals surface area (Å²) in [6, 6.07) is 0.638. The normalized spacial score (nSPS) is 12.3. The number of nitrogens with zero attached hydrogens (tertiary/aromatic N) is 4. The van der Waals surface area contributed by atoms with E-state index in [0.717, 1.165) is 17.5 Å². The van der Waals surface area contributed by atoms with Gasteiger partial charge < -0.3 is 15.7 Å². The molecule has 1 atom stereocenters. The van der Waals surface area contributed by atoms with Crippen molar-refractivity contribution in [3.8, 4) is 0 Å². The van der Waals surface area contributed by atoms with Gasteiger partial charge in [-0.1, -0.05) is 30.1 Å². The zero-order valence-electron chi connectivity index (χ0n) is 17.9. The first-order chi connectivity index (χ1) is 16.5. The number of Topliss-reactive ketones (excluding diaryl/α,β-unsaturated/α-hetero) is 1. The monoisotopic (exact) mass is 548 g/mol. The zero-order chi connectivity index (χ0) is 25.8. The number of hydrogen-bond acceptors (Lipinski definition) is 9. The van der Waals surface area contributed by atoms with Gasteiger partial charge in [-0.05, 0) is 6.07 Å². The van der Waals surface area contributed by atoms with Gasteiger partial charge >= 0.3 is 6.18 Å². The Labute approximate surface area is 210 Å². The molecule has 9 nitrogen and oxygen atoms in total. The molecule has 0 aliphatic carbocycles. The molecule has 0 aliphatic rings. The molecule has 0 radical (unpaired) electrons. The van der Waals surface area contributed by atoms with Crippen LogP contribution in [0.3, 0.4) is 0 Å². The number of rotatable bonds is 9. The minimum absolute atomic E-state index is 0.00207. The second-order valence-electron chi connectivity index (χ2n) is 7.13. The predicted octanol–water partition coefficient (Wildman–Crippen LogP) is 4.69. The van der Waals surface area contributed by atoms with Crippen molar-refractivity contribution in [3.05, 3.63) is 56.0 Å². The van der Waals surface area contributed by atoms with Gasteiger partial charge in [-0.25, -0.2) is 19.9 Å². The van der Waals surface area contributed by atoms with Crippen molar-refractivity contribution in [1.29, 1.82) is 0 Å². The maximum Gasteiger partial charge on any atom is 0.418 e. The number of carbonyl (C=O) groups excluding carboxylic acids is 2. The van der Waals surface area contributed by atoms with E-state index in [2.05, 4.69) is 30.6 Å². The molecule has 0 aromatic carbocycles. The Morgan fingerprint density at radius 1 is 1.17 bits per heavy atom. The van der Waals surface area contributed by atoms with Crippen molar-refractivity contribution in [1.82, 2.24) is 19.9 Å². The van der Waals surface area contributed by atoms with Gasteiger partial charge in [0.1, 0.15) is 33.6 Å². The first-order valence-electron chi connectivity index (χ1n) is 9.89. The Bertz CT molecular complexity index is 1240. The van der Waals surface area contributed by atoms with Crippen molar-refractivity contribution in [3.63, 3.8) is 0 Å². The van der Waals surface area contributed by atoms with Crippen LogP contribution in [-0.4, -0.2) is 49.9 Å². The number of anilines is 2. The number of aliphatic hydroxyl groups is 1. The minimum Gasteiger partial charge on any atom is -0.395 e. The smallest absolute Gasteiger partial charge is 0.395 e. The van der Waals surface area contributed by atoms with Gasteiger partial charge in [-0.3, -0.25) is 9.59 Å². The fourth-order valence-corrected chi connectivity index (χ4v) is 4.19. The standard InChI is InChI=1S/C20H17Cl2F3N6O3S/c1-9(4-12(33)16-15(22)17(26-2-3-32)30-8-29-16)19-28-7-13(35-19)18(34)31-14-5-10(20(23,24)25)11(21)6-27-14/h5-9,32H,2-4H2,1H3,(H,26,29,30)(H,27,31,34)/t9-/m0/s1. The number of amides is 1. The summed E-state index contributed by atoms with van der Waals surface area (Å²) in [5.74, 6) is -1.63. The first kappa shape index (κ1) is 26.7. The summed E-state index contributed by atoms with van der Waals surface area (Å²) in [7, 11) is 0. The van der Waals surface area contributed by atoms with Gasteiger partial charge in [0, 0.05) is 25.1 Å². The van der Waals surface area contributed by atoms with Crippen molar-refractivity contribution >= 4 is 57.9 Å². The fourth-order valence-electron chi connectivity index (χ4n) is 2.85. The van der Waals surface area contributed by atoms with Gasteiger partial charge in [-0.2, -0.15) is 13.2 Å². The molecule has 3 N–H and O–H groups in total. The van der Waals surface area contributed by atoms with Gasteiger partial charge in [0.25, 0.3) is 5.91 Å². The lowest BCUT2D eigenvalue weighted by molar-refractivity contribution is -0.137. The molecular weight excluding hydrogens is 532 g/mol. The van der Waals surface area contributed by atoms with Crippen LogP contribution in [0.15, 0.2) is 24.8 Å². The minimum atomic E-state index is -4.71. The molecule has 3 heterocycles. The largest absolute Gasteiger partial charge is 0.418 e. The lowest BCUT2D eigenvalue weighted by Gasteiger charge is -2.11. The zero-order valence-corrected chi connectivity index (χ0v) is 20.2. The van der Waals surface area contributed by atoms with Crippen LogP contribution in [0.25, 0.3) is 0 Å². The van der Waals surface area contributed by atoms with Crippen LogP contribution in [0.2, 0.25) is 10.0 Å². The van der Waals surface area contributed by atoms with Crippen LogP contribution in [0, 0.1) is 0 Å². The van der Waals surface area contributed by atoms with Crippen LogP contribution < -0.4 is 10.6 Å². The molecule has 1 amide bonds. The second-order valence-corrected chi connectivity index (χ2v) is 8.98. The highest BCUT2D eigenvalue weighted by Crippen LogP contribution is 2.35. The number of carbonyl (C=O) groups is 2. The van der Waals surface area contributed by atoms with Crippen LogP contribution in [0.1, 0.15) is 50.0 Å². The van der Waals surface area contributed by atoms with Gasteiger partial charge in [0.2, 0.25) is 0 Å². The van der Waals surface area contributed by atoms with E-state index >= 15 is 0 Å². The summed E-state index contributed by atoms with van der Waals surface area (Å²) in [6.45, 7) is 1.75. The van der Waals surface area contributed by atoms with Crippen molar-refractivity contribution in [2.45, 2.75) is 25.4 Å². The summed E-state index contributed by atoms with van der Waals surface area (Å²) < 4.78 is 39.1. The lowest BCUT2D eigenvalue weighted by atomic mass is 10.0. The van der Waals surface area contributed by atoms with E-state index in [1.807, 2.05) is 0 Å². The maximum atomic E-state index is 13.0. The Balaban J connectivity index is 1.69. The SMILES string of the molecule is C[C@@H](CC(=O)c1ncnc(NCCO)c1Cl)c1ncc(C(=O)Nc2cc(C(F)(F)F)c(Cl)cn2)s1. The number of halogens is 5. The van der Waals surface area contributed by atoms with E-state index in [-0.39, 0.29) is 52.6 Å². The highest BCUT2D eigenvalue weighted by atomic mass is 35.5. The molecule has 0 fully saturated rings. The van der Waals surface area contributed by atoms with E-state index < -0.39 is 28.6 Å². The Hall–Kier alpha value is -2.87. The van der Waals surface area contributed by atoms with E-state index in [1.165, 1.54) is 12.5 Å². The number of pyridine rings is 1. The predicted molar refractivity (Wildman–Crippen MR) is 124 cm³/mol. The molecule has 3 rings (SSSR count). The molecule has 0 bridgehead atoms. The third kappa shape index (κ3) is 6.63. The molecule has 15 heteroatoms. The number of nitrogens with one attached hydrogen (secondary N) is 2. The second kappa shape index (κ2) is 11.2. The molecule has 186 valence electrons. The summed E-state index contributed by atoms with van der Waals surface area (Å²) in [6.07, 6.45) is -1.51. The Morgan fingerprint density at radius 2 is 1.91 bits per heavy atom. The average Bonchev–Trinajstić information content (AvgIpc) is 3.29. The molecule has 0 saturated heterocycles. The van der Waals surface area contributed by atoms with Crippen molar-refractivity contribution < 1.29 is 27.9 Å². The van der Waals surface area contributed by atoms with Crippen LogP contribution in [0.5, 0.6) is 0 Å². The molecule has 0 aliphatic heterocycles. The third-order valence-electron chi connectivity index (χ3n) is 4.52. The molecule has 0 saturated carbocycles. The summed E-state index contributed by atoms with van der Waals surface area (Å²) in [5.41, 5.74) is -1.13. The van der Waals surface area contributed by atoms with E-state index in [9.17, 15) is 22.8 Å². The number of ketones is 1. The first-order valence-corrected chi connectivity index (χ1v) is 11.5. The van der Waals surface area contributed by atoms with Crippen molar-refractivity contribution in [2.75, 3.05) is 23.8 Å². The van der Waals surface area contributed by atoms with Crippen LogP contribution in [-0.2, 0) is 6.18 Å². The summed E-state index contributed by atoms with van der Waals surface area (Å²) >= 11 is 12.7. The van der Waals surface area contributed by atoms with E-state index in [0.29, 0.717) is 11.1 Å². The Kier molecular flexibility index (Phi) is 8.59. The summed E-state index contributed by atoms with van der Waals surface area (Å²) in [4.78, 5) is 41.0. The topological polar surface area (TPSA) is 130 Å². The van der Waals surface area contributed by atoms with Crippen LogP contribution in [0.4, 0.5) is 24.8 Å². The van der Waals surface area contributed by atoms with Gasteiger partial charge in [0.15, 0.2) is 5.78 Å². The molecule has 3 aromatic heterocycles. The Morgan fingerprint density at radius 3 is 2.60 bits per heavy atom. The van der Waals surface area contributed by atoms with Gasteiger partial charge in [-0.15, -0.1) is 11.3 Å². The van der Waals surface area contributed by atoms with Gasteiger partial charge in [0.05, 0.1) is 28.4 Å². The third-order valence-corrected chi connectivity index (χ3v) is 6.41. The van der Waals surface area contributed by atoms with E-state index in [1.54, 1.807) is 6.92 Å². The highest BCUT2D eigenvalue weighted by Gasteiger charge is 2.34. The number of aromatic nitrogens is 4. The average molecular weight is 549 g/mol. The lowest BCUT2D eigenvalue weighted by Crippen LogP contribution is -2.13. The molecule has 0 unspecified atom stereocenters. The number of hydrogen-bond donors (Lipinski definition) is 3. The summed E-state index contributed by atoms with van der Waals surface area (Å²) in [5, 5.41) is 13.9.